The van der Waals surface area contributed by atoms with Gasteiger partial charge in [-0.3, -0.25) is 4.79 Å². The number of carbonyl (C=O) groups is 1. The van der Waals surface area contributed by atoms with E-state index >= 15 is 0 Å². The smallest absolute Gasteiger partial charge is 0.355 e. The number of amides is 1. The zero-order chi connectivity index (χ0) is 11.1. The van der Waals surface area contributed by atoms with E-state index < -0.39 is 12.6 Å². The Balaban J connectivity index is 1.95. The molecule has 0 radical (unpaired) electrons. The Labute approximate surface area is 86.2 Å². The van der Waals surface area contributed by atoms with Gasteiger partial charge in [-0.2, -0.15) is 13.2 Å². The van der Waals surface area contributed by atoms with E-state index in [1.165, 1.54) is 0 Å². The zero-order valence-electron chi connectivity index (χ0n) is 8.36. The minimum absolute atomic E-state index is 0.0233. The second kappa shape index (κ2) is 3.39. The average molecular weight is 221 g/mol. The second-order valence-corrected chi connectivity index (χ2v) is 4.77. The monoisotopic (exact) mass is 221 g/mol. The molecular weight excluding hydrogens is 207 g/mol. The topological polar surface area (TPSA) is 29.1 Å². The minimum atomic E-state index is -4.08. The third-order valence-electron chi connectivity index (χ3n) is 3.65. The second-order valence-electron chi connectivity index (χ2n) is 4.77. The molecule has 1 heterocycles. The molecule has 2 unspecified atom stereocenters. The van der Waals surface area contributed by atoms with Crippen LogP contribution in [0.2, 0.25) is 0 Å². The largest absolute Gasteiger partial charge is 0.389 e. The van der Waals surface area contributed by atoms with Crippen molar-refractivity contribution in [2.45, 2.75) is 38.3 Å². The van der Waals surface area contributed by atoms with E-state index in [2.05, 4.69) is 5.32 Å². The molecule has 15 heavy (non-hydrogen) atoms. The van der Waals surface area contributed by atoms with Crippen LogP contribution in [0.1, 0.15) is 32.1 Å². The molecule has 1 aliphatic carbocycles. The van der Waals surface area contributed by atoms with Gasteiger partial charge in [0, 0.05) is 18.9 Å². The molecule has 0 spiro atoms. The van der Waals surface area contributed by atoms with Crippen LogP contribution < -0.4 is 5.32 Å². The standard InChI is InChI=1S/C10H14F3NO/c11-10(12,13)4-3-9-2-1-7(5-9)8(15)14-6-9/h7H,1-6H2,(H,14,15). The summed E-state index contributed by atoms with van der Waals surface area (Å²) in [5, 5.41) is 2.71. The van der Waals surface area contributed by atoms with Crippen molar-refractivity contribution in [2.75, 3.05) is 6.54 Å². The SMILES string of the molecule is O=C1NCC2(CCC(F)(F)F)CCC1C2. The van der Waals surface area contributed by atoms with Crippen LogP contribution in [0.5, 0.6) is 0 Å². The fourth-order valence-corrected chi connectivity index (χ4v) is 2.73. The minimum Gasteiger partial charge on any atom is -0.355 e. The maximum atomic E-state index is 12.1. The summed E-state index contributed by atoms with van der Waals surface area (Å²) in [6, 6.07) is 0. The number of nitrogens with one attached hydrogen (secondary N) is 1. The van der Waals surface area contributed by atoms with Crippen molar-refractivity contribution in [1.82, 2.24) is 5.32 Å². The number of piperidine rings is 1. The first-order chi connectivity index (χ1) is 6.90. The molecule has 86 valence electrons. The number of rotatable bonds is 2. The average Bonchev–Trinajstić information content (AvgIpc) is 2.50. The van der Waals surface area contributed by atoms with Crippen molar-refractivity contribution in [3.63, 3.8) is 0 Å². The predicted molar refractivity (Wildman–Crippen MR) is 48.1 cm³/mol. The summed E-state index contributed by atoms with van der Waals surface area (Å²) in [7, 11) is 0. The molecule has 1 N–H and O–H groups in total. The van der Waals surface area contributed by atoms with Gasteiger partial charge in [0.05, 0.1) is 0 Å². The molecule has 2 nitrogen and oxygen atoms in total. The highest BCUT2D eigenvalue weighted by Gasteiger charge is 2.47. The molecule has 5 heteroatoms. The van der Waals surface area contributed by atoms with Gasteiger partial charge in [0.25, 0.3) is 0 Å². The van der Waals surface area contributed by atoms with Crippen LogP contribution in [0.3, 0.4) is 0 Å². The van der Waals surface area contributed by atoms with Gasteiger partial charge >= 0.3 is 6.18 Å². The molecule has 1 saturated heterocycles. The van der Waals surface area contributed by atoms with E-state index in [1.807, 2.05) is 0 Å². The zero-order valence-corrected chi connectivity index (χ0v) is 8.36. The molecule has 2 rings (SSSR count). The van der Waals surface area contributed by atoms with Crippen molar-refractivity contribution in [1.29, 1.82) is 0 Å². The number of halogens is 3. The summed E-state index contributed by atoms with van der Waals surface area (Å²) in [6.45, 7) is 0.429. The van der Waals surface area contributed by atoms with Crippen molar-refractivity contribution >= 4 is 5.91 Å². The maximum absolute atomic E-state index is 12.1. The third-order valence-corrected chi connectivity index (χ3v) is 3.65. The summed E-state index contributed by atoms with van der Waals surface area (Å²) in [5.74, 6) is -0.0119. The molecule has 1 amide bonds. The molecule has 0 aromatic heterocycles. The normalized spacial score (nSPS) is 35.4. The lowest BCUT2D eigenvalue weighted by Gasteiger charge is -2.33. The Kier molecular flexibility index (Phi) is 2.43. The molecule has 2 aliphatic rings. The summed E-state index contributed by atoms with van der Waals surface area (Å²) < 4.78 is 36.4. The lowest BCUT2D eigenvalue weighted by Crippen LogP contribution is -2.43. The van der Waals surface area contributed by atoms with Crippen LogP contribution in [0.4, 0.5) is 13.2 Å². The van der Waals surface area contributed by atoms with Gasteiger partial charge in [0.15, 0.2) is 0 Å². The van der Waals surface area contributed by atoms with Crippen LogP contribution in [-0.2, 0) is 4.79 Å². The van der Waals surface area contributed by atoms with E-state index in [0.717, 1.165) is 12.8 Å². The number of hydrogen-bond donors (Lipinski definition) is 1. The Morgan fingerprint density at radius 2 is 2.20 bits per heavy atom. The summed E-state index contributed by atoms with van der Waals surface area (Å²) in [5.41, 5.74) is -0.270. The quantitative estimate of drug-likeness (QED) is 0.761. The van der Waals surface area contributed by atoms with Crippen LogP contribution >= 0.6 is 0 Å². The lowest BCUT2D eigenvalue weighted by atomic mass is 9.78. The summed E-state index contributed by atoms with van der Waals surface area (Å²) >= 11 is 0. The summed E-state index contributed by atoms with van der Waals surface area (Å²) in [6.07, 6.45) is -2.48. The summed E-state index contributed by atoms with van der Waals surface area (Å²) in [4.78, 5) is 11.3. The Morgan fingerprint density at radius 1 is 1.47 bits per heavy atom. The maximum Gasteiger partial charge on any atom is 0.389 e. The molecule has 2 fully saturated rings. The van der Waals surface area contributed by atoms with Crippen molar-refractivity contribution in [2.24, 2.45) is 11.3 Å². The fourth-order valence-electron chi connectivity index (χ4n) is 2.73. The molecule has 0 aromatic carbocycles. The number of hydrogen-bond acceptors (Lipinski definition) is 1. The van der Waals surface area contributed by atoms with Crippen molar-refractivity contribution < 1.29 is 18.0 Å². The number of carbonyl (C=O) groups excluding carboxylic acids is 1. The first kappa shape index (κ1) is 10.8. The third kappa shape index (κ3) is 2.26. The van der Waals surface area contributed by atoms with E-state index in [1.54, 1.807) is 0 Å². The number of fused-ring (bicyclic) bond motifs is 2. The van der Waals surface area contributed by atoms with Gasteiger partial charge in [-0.25, -0.2) is 0 Å². The van der Waals surface area contributed by atoms with Crippen LogP contribution in [0, 0.1) is 11.3 Å². The van der Waals surface area contributed by atoms with Crippen molar-refractivity contribution in [3.05, 3.63) is 0 Å². The van der Waals surface area contributed by atoms with E-state index in [-0.39, 0.29) is 23.7 Å². The van der Waals surface area contributed by atoms with Gasteiger partial charge in [0.2, 0.25) is 5.91 Å². The van der Waals surface area contributed by atoms with E-state index in [9.17, 15) is 18.0 Å². The Hall–Kier alpha value is -0.740. The highest BCUT2D eigenvalue weighted by Crippen LogP contribution is 2.48. The van der Waals surface area contributed by atoms with E-state index in [4.69, 9.17) is 0 Å². The Morgan fingerprint density at radius 3 is 2.87 bits per heavy atom. The predicted octanol–water partition coefficient (Wildman–Crippen LogP) is 2.25. The first-order valence-corrected chi connectivity index (χ1v) is 5.25. The lowest BCUT2D eigenvalue weighted by molar-refractivity contribution is -0.142. The molecular formula is C10H14F3NO. The molecule has 1 saturated carbocycles. The van der Waals surface area contributed by atoms with Crippen LogP contribution in [0.15, 0.2) is 0 Å². The van der Waals surface area contributed by atoms with Gasteiger partial charge in [-0.15, -0.1) is 0 Å². The molecule has 2 bridgehead atoms. The molecule has 1 aliphatic heterocycles. The highest BCUT2D eigenvalue weighted by molar-refractivity contribution is 5.80. The highest BCUT2D eigenvalue weighted by atomic mass is 19.4. The number of alkyl halides is 3. The molecule has 2 atom stereocenters. The molecule has 0 aromatic rings. The van der Waals surface area contributed by atoms with Gasteiger partial charge in [0.1, 0.15) is 0 Å². The van der Waals surface area contributed by atoms with Crippen LogP contribution in [0.25, 0.3) is 0 Å². The van der Waals surface area contributed by atoms with Crippen LogP contribution in [-0.4, -0.2) is 18.6 Å². The van der Waals surface area contributed by atoms with Gasteiger partial charge in [-0.05, 0) is 31.1 Å². The van der Waals surface area contributed by atoms with E-state index in [0.29, 0.717) is 13.0 Å². The van der Waals surface area contributed by atoms with Gasteiger partial charge < -0.3 is 5.32 Å². The first-order valence-electron chi connectivity index (χ1n) is 5.25. The van der Waals surface area contributed by atoms with Gasteiger partial charge in [-0.1, -0.05) is 0 Å². The fraction of sp³-hybridized carbons (Fsp3) is 0.900. The Bertz CT molecular complexity index is 276. The van der Waals surface area contributed by atoms with Crippen molar-refractivity contribution in [3.8, 4) is 0 Å².